The normalized spacial score (nSPS) is 16.5. The molecule has 1 saturated heterocycles. The molecule has 1 fully saturated rings. The summed E-state index contributed by atoms with van der Waals surface area (Å²) in [5.41, 5.74) is 1.27. The van der Waals surface area contributed by atoms with Crippen molar-refractivity contribution in [2.45, 2.75) is 13.3 Å². The molecular formula is C20H19NO5. The van der Waals surface area contributed by atoms with Crippen molar-refractivity contribution >= 4 is 23.3 Å². The molecule has 26 heavy (non-hydrogen) atoms. The Morgan fingerprint density at radius 2 is 1.62 bits per heavy atom. The van der Waals surface area contributed by atoms with Crippen molar-refractivity contribution in [3.05, 3.63) is 54.1 Å². The van der Waals surface area contributed by atoms with E-state index in [9.17, 15) is 14.4 Å². The largest absolute Gasteiger partial charge is 0.497 e. The van der Waals surface area contributed by atoms with Crippen molar-refractivity contribution in [1.82, 2.24) is 0 Å². The van der Waals surface area contributed by atoms with Crippen molar-refractivity contribution in [2.75, 3.05) is 18.6 Å². The molecule has 0 saturated carbocycles. The number of Topliss-reactive ketones (excluding diaryl/α,β-unsaturated/α-hetero) is 1. The Morgan fingerprint density at radius 3 is 2.19 bits per heavy atom. The second-order valence-corrected chi connectivity index (χ2v) is 6.11. The number of ketones is 1. The van der Waals surface area contributed by atoms with Gasteiger partial charge in [-0.05, 0) is 55.5 Å². The van der Waals surface area contributed by atoms with Crippen molar-refractivity contribution < 1.29 is 23.9 Å². The molecule has 1 aliphatic rings. The highest BCUT2D eigenvalue weighted by atomic mass is 16.5. The molecule has 0 aliphatic carbocycles. The van der Waals surface area contributed by atoms with Gasteiger partial charge >= 0.3 is 5.97 Å². The molecule has 2 aromatic rings. The number of nitrogens with zero attached hydrogens (tertiary/aromatic N) is 1. The summed E-state index contributed by atoms with van der Waals surface area (Å²) in [6, 6.07) is 13.5. The third kappa shape index (κ3) is 3.74. The summed E-state index contributed by atoms with van der Waals surface area (Å²) < 4.78 is 10.5. The minimum atomic E-state index is -0.530. The molecule has 0 bridgehead atoms. The van der Waals surface area contributed by atoms with Gasteiger partial charge in [0.2, 0.25) is 5.91 Å². The topological polar surface area (TPSA) is 72.9 Å². The minimum absolute atomic E-state index is 0.0561. The van der Waals surface area contributed by atoms with Crippen LogP contribution >= 0.6 is 0 Å². The van der Waals surface area contributed by atoms with E-state index in [1.165, 1.54) is 6.92 Å². The first kappa shape index (κ1) is 17.7. The van der Waals surface area contributed by atoms with E-state index in [-0.39, 0.29) is 24.7 Å². The van der Waals surface area contributed by atoms with Gasteiger partial charge in [-0.2, -0.15) is 0 Å². The Bertz CT molecular complexity index is 826. The van der Waals surface area contributed by atoms with Crippen LogP contribution in [0.4, 0.5) is 5.69 Å². The predicted octanol–water partition coefficient (Wildman–Crippen LogP) is 2.86. The monoisotopic (exact) mass is 353 g/mol. The van der Waals surface area contributed by atoms with Crippen LogP contribution in [-0.2, 0) is 9.59 Å². The summed E-state index contributed by atoms with van der Waals surface area (Å²) in [4.78, 5) is 37.5. The first-order chi connectivity index (χ1) is 12.5. The SMILES string of the molecule is COc1ccc(N2C[C@@H](C(=O)Oc3ccc(C(C)=O)cc3)CC2=O)cc1. The highest BCUT2D eigenvalue weighted by Gasteiger charge is 2.36. The Labute approximate surface area is 151 Å². The van der Waals surface area contributed by atoms with Gasteiger partial charge in [0.05, 0.1) is 13.0 Å². The number of benzene rings is 2. The van der Waals surface area contributed by atoms with Gasteiger partial charge < -0.3 is 14.4 Å². The highest BCUT2D eigenvalue weighted by Crippen LogP contribution is 2.28. The Morgan fingerprint density at radius 1 is 1.00 bits per heavy atom. The zero-order chi connectivity index (χ0) is 18.7. The van der Waals surface area contributed by atoms with E-state index in [2.05, 4.69) is 0 Å². The van der Waals surface area contributed by atoms with Crippen LogP contribution in [0.3, 0.4) is 0 Å². The van der Waals surface area contributed by atoms with E-state index >= 15 is 0 Å². The third-order valence-corrected chi connectivity index (χ3v) is 4.32. The van der Waals surface area contributed by atoms with Gasteiger partial charge in [-0.3, -0.25) is 14.4 Å². The van der Waals surface area contributed by atoms with Gasteiger partial charge in [-0.15, -0.1) is 0 Å². The molecule has 1 atom stereocenters. The average molecular weight is 353 g/mol. The fourth-order valence-electron chi connectivity index (χ4n) is 2.83. The first-order valence-corrected chi connectivity index (χ1v) is 8.25. The molecule has 0 N–H and O–H groups in total. The zero-order valence-electron chi connectivity index (χ0n) is 14.6. The highest BCUT2D eigenvalue weighted by molar-refractivity contribution is 5.99. The number of carbonyl (C=O) groups is 3. The maximum absolute atomic E-state index is 12.4. The molecule has 0 radical (unpaired) electrons. The van der Waals surface area contributed by atoms with E-state index in [4.69, 9.17) is 9.47 Å². The van der Waals surface area contributed by atoms with Crippen molar-refractivity contribution in [3.63, 3.8) is 0 Å². The summed E-state index contributed by atoms with van der Waals surface area (Å²) in [6.07, 6.45) is 0.108. The zero-order valence-corrected chi connectivity index (χ0v) is 14.6. The molecule has 2 aromatic carbocycles. The van der Waals surface area contributed by atoms with Crippen molar-refractivity contribution in [1.29, 1.82) is 0 Å². The summed E-state index contributed by atoms with van der Waals surface area (Å²) in [7, 11) is 1.57. The van der Waals surface area contributed by atoms with Crippen LogP contribution in [-0.4, -0.2) is 31.3 Å². The lowest BCUT2D eigenvalue weighted by Crippen LogP contribution is -2.27. The lowest BCUT2D eigenvalue weighted by atomic mass is 10.1. The first-order valence-electron chi connectivity index (χ1n) is 8.25. The van der Waals surface area contributed by atoms with Gasteiger partial charge in [-0.1, -0.05) is 0 Å². The second-order valence-electron chi connectivity index (χ2n) is 6.11. The number of anilines is 1. The van der Waals surface area contributed by atoms with E-state index in [1.807, 2.05) is 0 Å². The number of esters is 1. The van der Waals surface area contributed by atoms with Crippen LogP contribution in [0.25, 0.3) is 0 Å². The lowest BCUT2D eigenvalue weighted by molar-refractivity contribution is -0.139. The number of carbonyl (C=O) groups excluding carboxylic acids is 3. The maximum Gasteiger partial charge on any atom is 0.316 e. The summed E-state index contributed by atoms with van der Waals surface area (Å²) >= 11 is 0. The van der Waals surface area contributed by atoms with E-state index < -0.39 is 11.9 Å². The van der Waals surface area contributed by atoms with E-state index in [1.54, 1.807) is 60.5 Å². The van der Waals surface area contributed by atoms with Crippen LogP contribution in [0.15, 0.2) is 48.5 Å². The average Bonchev–Trinajstić information content (AvgIpc) is 3.04. The number of rotatable bonds is 5. The molecule has 3 rings (SSSR count). The summed E-state index contributed by atoms with van der Waals surface area (Å²) in [6.45, 7) is 1.74. The molecule has 134 valence electrons. The molecule has 6 heteroatoms. The quantitative estimate of drug-likeness (QED) is 0.469. The number of hydrogen-bond acceptors (Lipinski definition) is 5. The van der Waals surface area contributed by atoms with Crippen molar-refractivity contribution in [2.24, 2.45) is 5.92 Å². The smallest absolute Gasteiger partial charge is 0.316 e. The van der Waals surface area contributed by atoms with Crippen LogP contribution in [0, 0.1) is 5.92 Å². The Kier molecular flexibility index (Phi) is 5.02. The predicted molar refractivity (Wildman–Crippen MR) is 95.5 cm³/mol. The molecule has 1 aliphatic heterocycles. The molecule has 0 unspecified atom stereocenters. The van der Waals surface area contributed by atoms with Gasteiger partial charge in [0, 0.05) is 24.2 Å². The van der Waals surface area contributed by atoms with Gasteiger partial charge in [-0.25, -0.2) is 0 Å². The molecule has 1 heterocycles. The third-order valence-electron chi connectivity index (χ3n) is 4.32. The van der Waals surface area contributed by atoms with Crippen LogP contribution < -0.4 is 14.4 Å². The number of hydrogen-bond donors (Lipinski definition) is 0. The molecule has 1 amide bonds. The fourth-order valence-corrected chi connectivity index (χ4v) is 2.83. The molecule has 6 nitrogen and oxygen atoms in total. The van der Waals surface area contributed by atoms with Crippen molar-refractivity contribution in [3.8, 4) is 11.5 Å². The fraction of sp³-hybridized carbons (Fsp3) is 0.250. The van der Waals surface area contributed by atoms with Gasteiger partial charge in [0.1, 0.15) is 11.5 Å². The number of ether oxygens (including phenoxy) is 2. The van der Waals surface area contributed by atoms with Gasteiger partial charge in [0.15, 0.2) is 5.78 Å². The Balaban J connectivity index is 1.65. The summed E-state index contributed by atoms with van der Waals surface area (Å²) in [5, 5.41) is 0. The second kappa shape index (κ2) is 7.39. The number of methoxy groups -OCH3 is 1. The number of amides is 1. The Hall–Kier alpha value is -3.15. The van der Waals surface area contributed by atoms with Crippen LogP contribution in [0.1, 0.15) is 23.7 Å². The standard InChI is InChI=1S/C20H19NO5/c1-13(22)14-3-7-18(8-4-14)26-20(24)15-11-19(23)21(12-15)16-5-9-17(25-2)10-6-16/h3-10,15H,11-12H2,1-2H3/t15-/m0/s1. The molecular weight excluding hydrogens is 334 g/mol. The maximum atomic E-state index is 12.4. The van der Waals surface area contributed by atoms with E-state index in [0.29, 0.717) is 17.1 Å². The lowest BCUT2D eigenvalue weighted by Gasteiger charge is -2.16. The molecule has 0 spiro atoms. The van der Waals surface area contributed by atoms with Gasteiger partial charge in [0.25, 0.3) is 0 Å². The van der Waals surface area contributed by atoms with E-state index in [0.717, 1.165) is 5.69 Å². The molecule has 0 aromatic heterocycles. The minimum Gasteiger partial charge on any atom is -0.497 e. The van der Waals surface area contributed by atoms with Crippen LogP contribution in [0.5, 0.6) is 11.5 Å². The van der Waals surface area contributed by atoms with Crippen LogP contribution in [0.2, 0.25) is 0 Å². The summed E-state index contributed by atoms with van der Waals surface area (Å²) in [5.74, 6) is -0.105.